The third-order valence-corrected chi connectivity index (χ3v) is 5.77. The SMILES string of the molecule is Cc1cc([C@@H](C)NC(=O)c2ccc3nc(C4(C)CC4)ccc3c2)c(F)cc1N. The van der Waals surface area contributed by atoms with E-state index in [1.165, 1.54) is 18.9 Å². The first-order valence-electron chi connectivity index (χ1n) is 9.54. The first-order chi connectivity index (χ1) is 13.3. The molecule has 4 rings (SSSR count). The van der Waals surface area contributed by atoms with Crippen molar-refractivity contribution in [2.45, 2.75) is 45.1 Å². The maximum atomic E-state index is 14.2. The zero-order valence-electron chi connectivity index (χ0n) is 16.3. The Morgan fingerprint density at radius 1 is 1.21 bits per heavy atom. The van der Waals surface area contributed by atoms with Crippen LogP contribution in [0, 0.1) is 12.7 Å². The van der Waals surface area contributed by atoms with Crippen LogP contribution in [0.1, 0.15) is 59.9 Å². The summed E-state index contributed by atoms with van der Waals surface area (Å²) < 4.78 is 14.2. The lowest BCUT2D eigenvalue weighted by Gasteiger charge is -2.17. The van der Waals surface area contributed by atoms with Crippen molar-refractivity contribution in [2.75, 3.05) is 5.73 Å². The molecule has 1 fully saturated rings. The number of halogens is 1. The lowest BCUT2D eigenvalue weighted by molar-refractivity contribution is 0.0939. The number of benzene rings is 2. The Balaban J connectivity index is 1.56. The topological polar surface area (TPSA) is 68.0 Å². The molecule has 3 N–H and O–H groups in total. The predicted octanol–water partition coefficient (Wildman–Crippen LogP) is 4.81. The van der Waals surface area contributed by atoms with Crippen molar-refractivity contribution in [2.24, 2.45) is 0 Å². The van der Waals surface area contributed by atoms with E-state index in [-0.39, 0.29) is 11.3 Å². The van der Waals surface area contributed by atoms with E-state index in [1.54, 1.807) is 19.1 Å². The second-order valence-corrected chi connectivity index (χ2v) is 8.09. The molecule has 1 heterocycles. The number of carbonyl (C=O) groups excluding carboxylic acids is 1. The second-order valence-electron chi connectivity index (χ2n) is 8.09. The van der Waals surface area contributed by atoms with Crippen molar-refractivity contribution < 1.29 is 9.18 Å². The van der Waals surface area contributed by atoms with Crippen LogP contribution in [0.25, 0.3) is 10.9 Å². The molecule has 1 saturated carbocycles. The summed E-state index contributed by atoms with van der Waals surface area (Å²) in [5.41, 5.74) is 10.1. The Morgan fingerprint density at radius 2 is 1.96 bits per heavy atom. The average molecular weight is 377 g/mol. The van der Waals surface area contributed by atoms with Crippen LogP contribution < -0.4 is 11.1 Å². The van der Waals surface area contributed by atoms with E-state index in [1.807, 2.05) is 31.2 Å². The van der Waals surface area contributed by atoms with Crippen molar-refractivity contribution in [3.63, 3.8) is 0 Å². The summed E-state index contributed by atoms with van der Waals surface area (Å²) in [4.78, 5) is 17.4. The van der Waals surface area contributed by atoms with Crippen molar-refractivity contribution in [1.29, 1.82) is 0 Å². The number of nitrogen functional groups attached to an aromatic ring is 1. The predicted molar refractivity (Wildman–Crippen MR) is 110 cm³/mol. The van der Waals surface area contributed by atoms with Gasteiger partial charge in [0, 0.05) is 33.3 Å². The summed E-state index contributed by atoms with van der Waals surface area (Å²) in [7, 11) is 0. The minimum atomic E-state index is -0.474. The highest BCUT2D eigenvalue weighted by molar-refractivity contribution is 5.98. The molecule has 28 heavy (non-hydrogen) atoms. The zero-order valence-corrected chi connectivity index (χ0v) is 16.3. The number of nitrogens with one attached hydrogen (secondary N) is 1. The van der Waals surface area contributed by atoms with Gasteiger partial charge >= 0.3 is 0 Å². The molecule has 1 atom stereocenters. The monoisotopic (exact) mass is 377 g/mol. The number of aryl methyl sites for hydroxylation is 1. The highest BCUT2D eigenvalue weighted by Gasteiger charge is 2.40. The van der Waals surface area contributed by atoms with E-state index in [0.717, 1.165) is 22.2 Å². The van der Waals surface area contributed by atoms with Crippen molar-refractivity contribution in [1.82, 2.24) is 10.3 Å². The number of carbonyl (C=O) groups is 1. The van der Waals surface area contributed by atoms with Crippen LogP contribution in [-0.2, 0) is 5.41 Å². The van der Waals surface area contributed by atoms with Crippen molar-refractivity contribution >= 4 is 22.5 Å². The number of hydrogen-bond acceptors (Lipinski definition) is 3. The van der Waals surface area contributed by atoms with Crippen LogP contribution >= 0.6 is 0 Å². The Labute approximate surface area is 164 Å². The largest absolute Gasteiger partial charge is 0.398 e. The molecule has 1 amide bonds. The van der Waals surface area contributed by atoms with Gasteiger partial charge in [-0.2, -0.15) is 0 Å². The van der Waals surface area contributed by atoms with E-state index in [2.05, 4.69) is 12.2 Å². The van der Waals surface area contributed by atoms with E-state index in [9.17, 15) is 9.18 Å². The minimum absolute atomic E-state index is 0.209. The van der Waals surface area contributed by atoms with Gasteiger partial charge in [0.15, 0.2) is 0 Å². The molecule has 3 aromatic rings. The zero-order chi connectivity index (χ0) is 20.1. The number of pyridine rings is 1. The summed E-state index contributed by atoms with van der Waals surface area (Å²) >= 11 is 0. The number of hydrogen-bond donors (Lipinski definition) is 2. The van der Waals surface area contributed by atoms with Crippen LogP contribution in [0.2, 0.25) is 0 Å². The van der Waals surface area contributed by atoms with E-state index >= 15 is 0 Å². The molecule has 0 saturated heterocycles. The summed E-state index contributed by atoms with van der Waals surface area (Å²) in [6, 6.07) is 12.0. The lowest BCUT2D eigenvalue weighted by atomic mass is 10.0. The highest BCUT2D eigenvalue weighted by Crippen LogP contribution is 2.46. The van der Waals surface area contributed by atoms with Gasteiger partial charge in [-0.3, -0.25) is 9.78 Å². The lowest BCUT2D eigenvalue weighted by Crippen LogP contribution is -2.27. The molecule has 0 radical (unpaired) electrons. The molecular formula is C23H24FN3O. The van der Waals surface area contributed by atoms with Crippen molar-refractivity contribution in [3.8, 4) is 0 Å². The maximum Gasteiger partial charge on any atom is 0.251 e. The molecule has 0 spiro atoms. The standard InChI is InChI=1S/C23H24FN3O/c1-13-10-17(18(24)12-19(13)25)14(2)26-22(28)16-4-6-20-15(11-16)5-7-21(27-20)23(3)8-9-23/h4-7,10-12,14H,8-9,25H2,1-3H3,(H,26,28)/t14-/m1/s1. The number of amides is 1. The summed E-state index contributed by atoms with van der Waals surface area (Å²) in [6.45, 7) is 5.80. The number of rotatable bonds is 4. The van der Waals surface area contributed by atoms with Gasteiger partial charge in [-0.1, -0.05) is 13.0 Å². The Hall–Kier alpha value is -2.95. The third kappa shape index (κ3) is 3.33. The third-order valence-electron chi connectivity index (χ3n) is 5.77. The second kappa shape index (κ2) is 6.59. The smallest absolute Gasteiger partial charge is 0.251 e. The average Bonchev–Trinajstić information content (AvgIpc) is 3.42. The quantitative estimate of drug-likeness (QED) is 0.641. The Kier molecular flexibility index (Phi) is 4.33. The fraction of sp³-hybridized carbons (Fsp3) is 0.304. The fourth-order valence-corrected chi connectivity index (χ4v) is 3.46. The van der Waals surface area contributed by atoms with E-state index in [4.69, 9.17) is 10.7 Å². The normalized spacial score (nSPS) is 16.0. The first-order valence-corrected chi connectivity index (χ1v) is 9.54. The molecule has 144 valence electrons. The maximum absolute atomic E-state index is 14.2. The van der Waals surface area contributed by atoms with Crippen molar-refractivity contribution in [3.05, 3.63) is 70.7 Å². The van der Waals surface area contributed by atoms with E-state index < -0.39 is 11.9 Å². The summed E-state index contributed by atoms with van der Waals surface area (Å²) in [6.07, 6.45) is 2.34. The van der Waals surface area contributed by atoms with E-state index in [0.29, 0.717) is 16.8 Å². The molecule has 0 aliphatic heterocycles. The summed E-state index contributed by atoms with van der Waals surface area (Å²) in [5, 5.41) is 3.79. The van der Waals surface area contributed by atoms with Crippen LogP contribution in [0.4, 0.5) is 10.1 Å². The number of nitrogens with zero attached hydrogens (tertiary/aromatic N) is 1. The molecule has 1 aliphatic rings. The molecule has 0 unspecified atom stereocenters. The Morgan fingerprint density at radius 3 is 2.68 bits per heavy atom. The van der Waals surface area contributed by atoms with Gasteiger partial charge in [-0.25, -0.2) is 4.39 Å². The highest BCUT2D eigenvalue weighted by atomic mass is 19.1. The van der Waals surface area contributed by atoms with Gasteiger partial charge < -0.3 is 11.1 Å². The molecule has 5 heteroatoms. The van der Waals surface area contributed by atoms with Gasteiger partial charge in [0.25, 0.3) is 5.91 Å². The molecular weight excluding hydrogens is 353 g/mol. The number of nitrogens with two attached hydrogens (primary N) is 1. The molecule has 1 aromatic heterocycles. The molecule has 1 aliphatic carbocycles. The summed E-state index contributed by atoms with van der Waals surface area (Å²) in [5.74, 6) is -0.666. The molecule has 4 nitrogen and oxygen atoms in total. The number of fused-ring (bicyclic) bond motifs is 1. The van der Waals surface area contributed by atoms with Crippen LogP contribution in [-0.4, -0.2) is 10.9 Å². The van der Waals surface area contributed by atoms with Gasteiger partial charge in [-0.05, 0) is 68.7 Å². The first kappa shape index (κ1) is 18.4. The molecule has 0 bridgehead atoms. The fourth-order valence-electron chi connectivity index (χ4n) is 3.46. The van der Waals surface area contributed by atoms with Gasteiger partial charge in [-0.15, -0.1) is 0 Å². The van der Waals surface area contributed by atoms with Crippen LogP contribution in [0.15, 0.2) is 42.5 Å². The number of anilines is 1. The van der Waals surface area contributed by atoms with Crippen LogP contribution in [0.3, 0.4) is 0 Å². The van der Waals surface area contributed by atoms with Crippen LogP contribution in [0.5, 0.6) is 0 Å². The molecule has 2 aromatic carbocycles. The minimum Gasteiger partial charge on any atom is -0.398 e. The van der Waals surface area contributed by atoms with Gasteiger partial charge in [0.1, 0.15) is 5.82 Å². The number of aromatic nitrogens is 1. The van der Waals surface area contributed by atoms with Gasteiger partial charge in [0.2, 0.25) is 0 Å². The van der Waals surface area contributed by atoms with Gasteiger partial charge in [0.05, 0.1) is 11.6 Å². The Bertz CT molecular complexity index is 1090.